The van der Waals surface area contributed by atoms with Crippen molar-refractivity contribution >= 4 is 5.97 Å². The Bertz CT molecular complexity index is 576. The van der Waals surface area contributed by atoms with E-state index in [-0.39, 0.29) is 24.3 Å². The van der Waals surface area contributed by atoms with E-state index in [9.17, 15) is 4.79 Å². The van der Waals surface area contributed by atoms with Crippen LogP contribution in [0.5, 0.6) is 11.5 Å². The molecule has 0 unspecified atom stereocenters. The molecule has 2 aliphatic rings. The second kappa shape index (κ2) is 4.38. The van der Waals surface area contributed by atoms with Crippen LogP contribution in [-0.2, 0) is 16.1 Å². The van der Waals surface area contributed by atoms with Gasteiger partial charge < -0.3 is 18.9 Å². The van der Waals surface area contributed by atoms with E-state index >= 15 is 0 Å². The Labute approximate surface area is 117 Å². The summed E-state index contributed by atoms with van der Waals surface area (Å²) >= 11 is 0. The zero-order valence-corrected chi connectivity index (χ0v) is 12.1. The number of methoxy groups -OCH3 is 1. The molecule has 1 atom stereocenters. The van der Waals surface area contributed by atoms with Crippen LogP contribution in [0.4, 0.5) is 0 Å². The monoisotopic (exact) mass is 278 g/mol. The summed E-state index contributed by atoms with van der Waals surface area (Å²) < 4.78 is 21.7. The molecule has 2 aliphatic heterocycles. The zero-order valence-electron chi connectivity index (χ0n) is 12.1. The third-order valence-electron chi connectivity index (χ3n) is 3.89. The summed E-state index contributed by atoms with van der Waals surface area (Å²) in [6.45, 7) is 6.70. The number of carbonyl (C=O) groups is 1. The van der Waals surface area contributed by atoms with Gasteiger partial charge >= 0.3 is 5.97 Å². The maximum absolute atomic E-state index is 11.7. The minimum absolute atomic E-state index is 0.103. The van der Waals surface area contributed by atoms with Crippen LogP contribution < -0.4 is 9.47 Å². The minimum Gasteiger partial charge on any atom is -0.495 e. The number of hydrogen-bond acceptors (Lipinski definition) is 5. The molecule has 0 bridgehead atoms. The number of ether oxygens (including phenoxy) is 4. The van der Waals surface area contributed by atoms with Crippen LogP contribution in [0.15, 0.2) is 6.07 Å². The van der Waals surface area contributed by atoms with Crippen LogP contribution in [-0.4, -0.2) is 31.4 Å². The lowest BCUT2D eigenvalue weighted by Crippen LogP contribution is -2.13. The first kappa shape index (κ1) is 13.2. The molecule has 1 saturated heterocycles. The predicted octanol–water partition coefficient (Wildman–Crippen LogP) is 2.23. The van der Waals surface area contributed by atoms with Crippen LogP contribution in [0.25, 0.3) is 0 Å². The van der Waals surface area contributed by atoms with E-state index < -0.39 is 0 Å². The highest BCUT2D eigenvalue weighted by Crippen LogP contribution is 2.40. The lowest BCUT2D eigenvalue weighted by atomic mass is 10.0. The minimum atomic E-state index is -0.335. The van der Waals surface area contributed by atoms with Crippen LogP contribution in [0, 0.1) is 6.92 Å². The molecule has 0 aromatic heterocycles. The van der Waals surface area contributed by atoms with Gasteiger partial charge in [0.25, 0.3) is 0 Å². The quantitative estimate of drug-likeness (QED) is 0.624. The lowest BCUT2D eigenvalue weighted by Gasteiger charge is -2.14. The predicted molar refractivity (Wildman–Crippen MR) is 71.3 cm³/mol. The summed E-state index contributed by atoms with van der Waals surface area (Å²) in [4.78, 5) is 11.7. The fourth-order valence-corrected chi connectivity index (χ4v) is 2.47. The second-order valence-corrected chi connectivity index (χ2v) is 5.66. The molecule has 0 N–H and O–H groups in total. The van der Waals surface area contributed by atoms with Gasteiger partial charge in [-0.15, -0.1) is 0 Å². The molecule has 1 aromatic rings. The third-order valence-corrected chi connectivity index (χ3v) is 3.89. The fourth-order valence-electron chi connectivity index (χ4n) is 2.47. The first-order valence-corrected chi connectivity index (χ1v) is 6.62. The topological polar surface area (TPSA) is 57.3 Å². The van der Waals surface area contributed by atoms with Gasteiger partial charge in [0.05, 0.1) is 12.7 Å². The van der Waals surface area contributed by atoms with Gasteiger partial charge in [0, 0.05) is 11.1 Å². The van der Waals surface area contributed by atoms with Crippen molar-refractivity contribution in [3.63, 3.8) is 0 Å². The molecule has 0 aliphatic carbocycles. The summed E-state index contributed by atoms with van der Waals surface area (Å²) in [5.41, 5.74) is 2.03. The highest BCUT2D eigenvalue weighted by Gasteiger charge is 2.48. The molecule has 0 spiro atoms. The molecule has 5 heteroatoms. The standard InChI is InChI=1S/C15H18O5/c1-8-10(18-7-11-15(2,3)20-11)5-9-6-19-14(16)12(9)13(8)17-4/h5,11H,6-7H2,1-4H3/t11-/m0/s1. The van der Waals surface area contributed by atoms with E-state index in [4.69, 9.17) is 18.9 Å². The van der Waals surface area contributed by atoms with Gasteiger partial charge in [0.2, 0.25) is 0 Å². The maximum Gasteiger partial charge on any atom is 0.342 e. The Balaban J connectivity index is 1.87. The van der Waals surface area contributed by atoms with Crippen molar-refractivity contribution in [2.75, 3.05) is 13.7 Å². The largest absolute Gasteiger partial charge is 0.495 e. The van der Waals surface area contributed by atoms with E-state index in [0.717, 1.165) is 11.1 Å². The molecule has 1 aromatic carbocycles. The van der Waals surface area contributed by atoms with Crippen LogP contribution >= 0.6 is 0 Å². The Morgan fingerprint density at radius 3 is 2.75 bits per heavy atom. The molecule has 1 fully saturated rings. The Morgan fingerprint density at radius 2 is 2.15 bits per heavy atom. The average molecular weight is 278 g/mol. The number of hydrogen-bond donors (Lipinski definition) is 0. The number of rotatable bonds is 4. The van der Waals surface area contributed by atoms with Crippen molar-refractivity contribution < 1.29 is 23.7 Å². The highest BCUT2D eigenvalue weighted by atomic mass is 16.6. The number of cyclic esters (lactones) is 1. The molecule has 108 valence electrons. The summed E-state index contributed by atoms with van der Waals surface area (Å²) in [6, 6.07) is 1.85. The van der Waals surface area contributed by atoms with Gasteiger partial charge in [0.15, 0.2) is 0 Å². The maximum atomic E-state index is 11.7. The molecular formula is C15H18O5. The molecule has 20 heavy (non-hydrogen) atoms. The zero-order chi connectivity index (χ0) is 14.5. The molecule has 0 saturated carbocycles. The van der Waals surface area contributed by atoms with Crippen LogP contribution in [0.2, 0.25) is 0 Å². The molecule has 3 rings (SSSR count). The lowest BCUT2D eigenvalue weighted by molar-refractivity contribution is 0.0532. The van der Waals surface area contributed by atoms with E-state index in [2.05, 4.69) is 0 Å². The van der Waals surface area contributed by atoms with E-state index in [1.54, 1.807) is 7.11 Å². The van der Waals surface area contributed by atoms with E-state index in [1.165, 1.54) is 0 Å². The van der Waals surface area contributed by atoms with Crippen molar-refractivity contribution in [2.45, 2.75) is 39.1 Å². The summed E-state index contributed by atoms with van der Waals surface area (Å²) in [5.74, 6) is 0.916. The molecule has 5 nitrogen and oxygen atoms in total. The SMILES string of the molecule is COc1c(C)c(OC[C@@H]2OC2(C)C)cc2c1C(=O)OC2. The van der Waals surface area contributed by atoms with Gasteiger partial charge in [-0.2, -0.15) is 0 Å². The van der Waals surface area contributed by atoms with Crippen LogP contribution in [0.3, 0.4) is 0 Å². The fraction of sp³-hybridized carbons (Fsp3) is 0.533. The number of epoxide rings is 1. The smallest absolute Gasteiger partial charge is 0.342 e. The second-order valence-electron chi connectivity index (χ2n) is 5.66. The number of fused-ring (bicyclic) bond motifs is 1. The number of esters is 1. The van der Waals surface area contributed by atoms with Gasteiger partial charge in [0.1, 0.15) is 36.4 Å². The Morgan fingerprint density at radius 1 is 1.45 bits per heavy atom. The van der Waals surface area contributed by atoms with Gasteiger partial charge in [-0.05, 0) is 26.8 Å². The highest BCUT2D eigenvalue weighted by molar-refractivity contribution is 5.97. The molecular weight excluding hydrogens is 260 g/mol. The van der Waals surface area contributed by atoms with Crippen molar-refractivity contribution in [3.8, 4) is 11.5 Å². The van der Waals surface area contributed by atoms with Crippen molar-refractivity contribution in [3.05, 3.63) is 22.8 Å². The number of carbonyl (C=O) groups excluding carboxylic acids is 1. The molecule has 0 radical (unpaired) electrons. The van der Waals surface area contributed by atoms with Gasteiger partial charge in [-0.25, -0.2) is 4.79 Å². The first-order valence-electron chi connectivity index (χ1n) is 6.62. The summed E-state index contributed by atoms with van der Waals surface area (Å²) in [6.07, 6.45) is 0.110. The average Bonchev–Trinajstić information content (AvgIpc) is 2.85. The summed E-state index contributed by atoms with van der Waals surface area (Å²) in [7, 11) is 1.55. The first-order chi connectivity index (χ1) is 9.44. The van der Waals surface area contributed by atoms with Crippen LogP contribution in [0.1, 0.15) is 35.3 Å². The van der Waals surface area contributed by atoms with Crippen molar-refractivity contribution in [1.82, 2.24) is 0 Å². The third kappa shape index (κ3) is 2.02. The van der Waals surface area contributed by atoms with E-state index in [0.29, 0.717) is 23.7 Å². The van der Waals surface area contributed by atoms with Crippen molar-refractivity contribution in [2.24, 2.45) is 0 Å². The van der Waals surface area contributed by atoms with Crippen molar-refractivity contribution in [1.29, 1.82) is 0 Å². The van der Waals surface area contributed by atoms with Gasteiger partial charge in [-0.1, -0.05) is 0 Å². The summed E-state index contributed by atoms with van der Waals surface area (Å²) in [5, 5.41) is 0. The molecule has 2 heterocycles. The normalized spacial score (nSPS) is 22.2. The number of benzene rings is 1. The van der Waals surface area contributed by atoms with E-state index in [1.807, 2.05) is 26.8 Å². The Hall–Kier alpha value is -1.75. The molecule has 0 amide bonds. The Kier molecular flexibility index (Phi) is 2.90. The van der Waals surface area contributed by atoms with Gasteiger partial charge in [-0.3, -0.25) is 0 Å².